The first kappa shape index (κ1) is 17.3. The summed E-state index contributed by atoms with van der Waals surface area (Å²) in [6, 6.07) is 11.1. The molecule has 1 N–H and O–H groups in total. The van der Waals surface area contributed by atoms with Crippen molar-refractivity contribution in [2.45, 2.75) is 44.6 Å². The van der Waals surface area contributed by atoms with E-state index in [2.05, 4.69) is 22.3 Å². The molecule has 1 aromatic rings. The van der Waals surface area contributed by atoms with Crippen LogP contribution in [0.25, 0.3) is 0 Å². The number of nitrogens with zero attached hydrogens (tertiary/aromatic N) is 2. The third-order valence-corrected chi connectivity index (χ3v) is 5.62. The number of hydrogen-bond acceptors (Lipinski definition) is 2. The van der Waals surface area contributed by atoms with E-state index in [9.17, 15) is 4.79 Å². The van der Waals surface area contributed by atoms with Crippen LogP contribution >= 0.6 is 0 Å². The summed E-state index contributed by atoms with van der Waals surface area (Å²) in [5, 5.41) is 3.07. The number of amides is 2. The fraction of sp³-hybridized carbons (Fsp3) is 0.650. The number of nitrogens with one attached hydrogen (secondary N) is 1. The van der Waals surface area contributed by atoms with Crippen molar-refractivity contribution < 1.29 is 4.79 Å². The van der Waals surface area contributed by atoms with Crippen LogP contribution in [0.1, 0.15) is 37.7 Å². The lowest BCUT2D eigenvalue weighted by molar-refractivity contribution is 0.0487. The maximum absolute atomic E-state index is 12.4. The van der Waals surface area contributed by atoms with Crippen LogP contribution in [0.2, 0.25) is 0 Å². The maximum Gasteiger partial charge on any atom is 0.317 e. The summed E-state index contributed by atoms with van der Waals surface area (Å²) < 4.78 is 0. The van der Waals surface area contributed by atoms with Gasteiger partial charge in [0.25, 0.3) is 0 Å². The highest BCUT2D eigenvalue weighted by Gasteiger charge is 2.33. The Kier molecular flexibility index (Phi) is 6.13. The number of rotatable bonds is 5. The second-order valence-corrected chi connectivity index (χ2v) is 7.35. The van der Waals surface area contributed by atoms with Gasteiger partial charge >= 0.3 is 6.03 Å². The smallest absolute Gasteiger partial charge is 0.317 e. The van der Waals surface area contributed by atoms with E-state index < -0.39 is 0 Å². The average molecular weight is 329 g/mol. The van der Waals surface area contributed by atoms with Crippen molar-refractivity contribution in [2.24, 2.45) is 5.92 Å². The molecule has 2 heterocycles. The molecule has 0 radical (unpaired) electrons. The highest BCUT2D eigenvalue weighted by molar-refractivity contribution is 5.73. The van der Waals surface area contributed by atoms with Crippen molar-refractivity contribution in [3.63, 3.8) is 0 Å². The highest BCUT2D eigenvalue weighted by Crippen LogP contribution is 2.31. The van der Waals surface area contributed by atoms with Crippen molar-refractivity contribution in [1.29, 1.82) is 0 Å². The van der Waals surface area contributed by atoms with E-state index in [-0.39, 0.29) is 6.03 Å². The molecule has 2 aliphatic heterocycles. The first-order valence-electron chi connectivity index (χ1n) is 9.51. The zero-order valence-electron chi connectivity index (χ0n) is 14.9. The summed E-state index contributed by atoms with van der Waals surface area (Å²) in [5.41, 5.74) is 1.27. The number of benzene rings is 1. The summed E-state index contributed by atoms with van der Waals surface area (Å²) in [4.78, 5) is 16.9. The molecule has 4 heteroatoms. The molecule has 0 aliphatic carbocycles. The molecular weight excluding hydrogens is 298 g/mol. The van der Waals surface area contributed by atoms with Gasteiger partial charge < -0.3 is 15.1 Å². The Labute approximate surface area is 146 Å². The molecule has 3 rings (SSSR count). The lowest BCUT2D eigenvalue weighted by Crippen LogP contribution is -2.52. The summed E-state index contributed by atoms with van der Waals surface area (Å²) in [6.07, 6.45) is 7.45. The fourth-order valence-corrected chi connectivity index (χ4v) is 4.32. The van der Waals surface area contributed by atoms with E-state index >= 15 is 0 Å². The van der Waals surface area contributed by atoms with Crippen molar-refractivity contribution in [3.8, 4) is 0 Å². The van der Waals surface area contributed by atoms with Gasteiger partial charge in [-0.2, -0.15) is 0 Å². The van der Waals surface area contributed by atoms with Crippen LogP contribution in [-0.4, -0.2) is 55.1 Å². The molecule has 0 spiro atoms. The number of fused-ring (bicyclic) bond motifs is 1. The van der Waals surface area contributed by atoms with Gasteiger partial charge in [0.1, 0.15) is 0 Å². The number of urea groups is 1. The third-order valence-electron chi connectivity index (χ3n) is 5.62. The maximum atomic E-state index is 12.4. The fourth-order valence-electron chi connectivity index (χ4n) is 4.32. The Morgan fingerprint density at radius 3 is 2.79 bits per heavy atom. The Balaban J connectivity index is 1.43. The molecule has 2 aliphatic rings. The molecule has 1 aromatic carbocycles. The number of carbonyl (C=O) groups excluding carboxylic acids is 1. The van der Waals surface area contributed by atoms with Crippen molar-refractivity contribution >= 4 is 6.03 Å². The highest BCUT2D eigenvalue weighted by atomic mass is 16.2. The minimum Gasteiger partial charge on any atom is -0.338 e. The van der Waals surface area contributed by atoms with E-state index in [1.807, 2.05) is 30.1 Å². The van der Waals surface area contributed by atoms with Crippen LogP contribution in [-0.2, 0) is 6.42 Å². The van der Waals surface area contributed by atoms with E-state index in [1.54, 1.807) is 0 Å². The molecule has 2 fully saturated rings. The van der Waals surface area contributed by atoms with Crippen LogP contribution in [0.5, 0.6) is 0 Å². The van der Waals surface area contributed by atoms with Crippen LogP contribution < -0.4 is 5.32 Å². The van der Waals surface area contributed by atoms with Gasteiger partial charge in [0.15, 0.2) is 0 Å². The van der Waals surface area contributed by atoms with Gasteiger partial charge in [-0.25, -0.2) is 4.79 Å². The lowest BCUT2D eigenvalue weighted by atomic mass is 9.83. The molecule has 0 aromatic heterocycles. The molecule has 2 amide bonds. The van der Waals surface area contributed by atoms with Crippen molar-refractivity contribution in [3.05, 3.63) is 35.9 Å². The largest absolute Gasteiger partial charge is 0.338 e. The van der Waals surface area contributed by atoms with Crippen molar-refractivity contribution in [2.75, 3.05) is 33.2 Å². The normalized spacial score (nSPS) is 24.2. The molecule has 4 nitrogen and oxygen atoms in total. The van der Waals surface area contributed by atoms with Crippen molar-refractivity contribution in [1.82, 2.24) is 15.1 Å². The molecule has 2 unspecified atom stereocenters. The SMILES string of the molecule is CN(CC1CCCN2CCCCC12)C(=O)NCCc1ccccc1. The van der Waals surface area contributed by atoms with Gasteiger partial charge in [-0.3, -0.25) is 0 Å². The molecule has 0 bridgehead atoms. The minimum atomic E-state index is 0.0684. The van der Waals surface area contributed by atoms with Gasteiger partial charge in [0.05, 0.1) is 0 Å². The molecule has 2 atom stereocenters. The van der Waals surface area contributed by atoms with E-state index in [0.717, 1.165) is 13.0 Å². The predicted octanol–water partition coefficient (Wildman–Crippen LogP) is 3.14. The van der Waals surface area contributed by atoms with Gasteiger partial charge in [-0.1, -0.05) is 36.8 Å². The molecule has 132 valence electrons. The Morgan fingerprint density at radius 1 is 1.17 bits per heavy atom. The Morgan fingerprint density at radius 2 is 1.96 bits per heavy atom. The van der Waals surface area contributed by atoms with Gasteiger partial charge in [-0.05, 0) is 56.7 Å². The van der Waals surface area contributed by atoms with E-state index in [1.165, 1.54) is 50.8 Å². The van der Waals surface area contributed by atoms with E-state index in [4.69, 9.17) is 0 Å². The summed E-state index contributed by atoms with van der Waals surface area (Å²) >= 11 is 0. The van der Waals surface area contributed by atoms with Crippen LogP contribution in [0, 0.1) is 5.92 Å². The monoisotopic (exact) mass is 329 g/mol. The van der Waals surface area contributed by atoms with Crippen LogP contribution in [0.4, 0.5) is 4.79 Å². The summed E-state index contributed by atoms with van der Waals surface area (Å²) in [7, 11) is 1.94. The zero-order valence-corrected chi connectivity index (χ0v) is 14.9. The number of carbonyl (C=O) groups is 1. The number of hydrogen-bond donors (Lipinski definition) is 1. The second-order valence-electron chi connectivity index (χ2n) is 7.35. The second kappa shape index (κ2) is 8.52. The number of piperidine rings is 2. The van der Waals surface area contributed by atoms with Gasteiger partial charge in [-0.15, -0.1) is 0 Å². The van der Waals surface area contributed by atoms with Crippen LogP contribution in [0.15, 0.2) is 30.3 Å². The Bertz CT molecular complexity index is 517. The molecule has 2 saturated heterocycles. The third kappa shape index (κ3) is 4.50. The lowest BCUT2D eigenvalue weighted by Gasteiger charge is -2.45. The van der Waals surface area contributed by atoms with E-state index in [0.29, 0.717) is 18.5 Å². The zero-order chi connectivity index (χ0) is 16.8. The quantitative estimate of drug-likeness (QED) is 0.901. The first-order valence-corrected chi connectivity index (χ1v) is 9.51. The summed E-state index contributed by atoms with van der Waals surface area (Å²) in [6.45, 7) is 4.11. The molecule has 0 saturated carbocycles. The van der Waals surface area contributed by atoms with Gasteiger partial charge in [0.2, 0.25) is 0 Å². The minimum absolute atomic E-state index is 0.0684. The standard InChI is InChI=1S/C20H31N3O/c1-22(20(24)21-13-12-17-8-3-2-4-9-17)16-18-10-7-15-23-14-6-5-11-19(18)23/h2-4,8-9,18-19H,5-7,10-16H2,1H3,(H,21,24). The predicted molar refractivity (Wildman–Crippen MR) is 98.1 cm³/mol. The Hall–Kier alpha value is -1.55. The molecular formula is C20H31N3O. The van der Waals surface area contributed by atoms with Gasteiger partial charge in [0, 0.05) is 26.2 Å². The topological polar surface area (TPSA) is 35.6 Å². The summed E-state index contributed by atoms with van der Waals surface area (Å²) in [5.74, 6) is 0.643. The average Bonchev–Trinajstić information content (AvgIpc) is 2.63. The van der Waals surface area contributed by atoms with Crippen LogP contribution in [0.3, 0.4) is 0 Å². The first-order chi connectivity index (χ1) is 11.7. The molecule has 24 heavy (non-hydrogen) atoms.